The highest BCUT2D eigenvalue weighted by molar-refractivity contribution is 7.99. The molecule has 2 rings (SSSR count). The maximum absolute atomic E-state index is 12.1. The smallest absolute Gasteiger partial charge is 0.342 e. The molecule has 2 aromatic rings. The summed E-state index contributed by atoms with van der Waals surface area (Å²) in [7, 11) is 0. The van der Waals surface area contributed by atoms with E-state index in [4.69, 9.17) is 21.6 Å². The summed E-state index contributed by atoms with van der Waals surface area (Å²) in [4.78, 5) is 17.0. The van der Waals surface area contributed by atoms with Gasteiger partial charge in [0.1, 0.15) is 11.1 Å². The number of nitriles is 1. The van der Waals surface area contributed by atoms with Gasteiger partial charge in [0, 0.05) is 11.1 Å². The van der Waals surface area contributed by atoms with E-state index >= 15 is 0 Å². The van der Waals surface area contributed by atoms with E-state index in [-0.39, 0.29) is 0 Å². The molecule has 0 saturated carbocycles. The fraction of sp³-hybridized carbons (Fsp3) is 0.133. The highest BCUT2D eigenvalue weighted by Crippen LogP contribution is 2.33. The standard InChI is InChI=1S/C15H11ClN2O2S/c1-10(9-17)20-15(19)11-5-4-8-18-14(11)21-13-7-3-2-6-12(13)16/h2-8,10H,1H3/t10-/m1/s1. The lowest BCUT2D eigenvalue weighted by Gasteiger charge is -2.10. The molecule has 1 aromatic heterocycles. The molecule has 0 radical (unpaired) electrons. The molecule has 0 bridgehead atoms. The van der Waals surface area contributed by atoms with Crippen LogP contribution in [0.3, 0.4) is 0 Å². The maximum atomic E-state index is 12.1. The summed E-state index contributed by atoms with van der Waals surface area (Å²) in [5, 5.41) is 9.77. The first-order valence-electron chi connectivity index (χ1n) is 6.10. The molecule has 1 atom stereocenters. The molecule has 1 aromatic carbocycles. The van der Waals surface area contributed by atoms with Gasteiger partial charge in [0.25, 0.3) is 0 Å². The van der Waals surface area contributed by atoms with Gasteiger partial charge in [-0.25, -0.2) is 9.78 Å². The molecule has 0 aliphatic carbocycles. The van der Waals surface area contributed by atoms with Crippen molar-refractivity contribution >= 4 is 29.3 Å². The number of aromatic nitrogens is 1. The summed E-state index contributed by atoms with van der Waals surface area (Å²) in [6.45, 7) is 1.51. The Labute approximate surface area is 131 Å². The number of hydrogen-bond donors (Lipinski definition) is 0. The number of rotatable bonds is 4. The summed E-state index contributed by atoms with van der Waals surface area (Å²) in [6.07, 6.45) is 0.778. The Kier molecular flexibility index (Phi) is 5.20. The van der Waals surface area contributed by atoms with Crippen molar-refractivity contribution in [3.63, 3.8) is 0 Å². The summed E-state index contributed by atoms with van der Waals surface area (Å²) in [5.74, 6) is -0.577. The minimum absolute atomic E-state index is 0.310. The van der Waals surface area contributed by atoms with E-state index in [2.05, 4.69) is 4.98 Å². The molecular formula is C15H11ClN2O2S. The number of carbonyl (C=O) groups is 1. The van der Waals surface area contributed by atoms with Gasteiger partial charge in [-0.2, -0.15) is 5.26 Å². The lowest BCUT2D eigenvalue weighted by Crippen LogP contribution is -2.14. The number of halogens is 1. The number of nitrogens with zero attached hydrogens (tertiary/aromatic N) is 2. The van der Waals surface area contributed by atoms with Gasteiger partial charge in [-0.1, -0.05) is 35.5 Å². The quantitative estimate of drug-likeness (QED) is 0.798. The van der Waals surface area contributed by atoms with Crippen LogP contribution in [0, 0.1) is 11.3 Å². The van der Waals surface area contributed by atoms with Gasteiger partial charge in [0.05, 0.1) is 10.6 Å². The molecule has 0 spiro atoms. The molecule has 0 unspecified atom stereocenters. The molecule has 4 nitrogen and oxygen atoms in total. The van der Waals surface area contributed by atoms with E-state index in [9.17, 15) is 4.79 Å². The predicted octanol–water partition coefficient (Wildman–Crippen LogP) is 3.96. The van der Waals surface area contributed by atoms with E-state index in [0.717, 1.165) is 4.90 Å². The zero-order chi connectivity index (χ0) is 15.2. The third-order valence-electron chi connectivity index (χ3n) is 2.50. The lowest BCUT2D eigenvalue weighted by molar-refractivity contribution is 0.0430. The molecular weight excluding hydrogens is 308 g/mol. The van der Waals surface area contributed by atoms with E-state index in [1.807, 2.05) is 24.3 Å². The molecule has 0 saturated heterocycles. The Morgan fingerprint density at radius 1 is 1.38 bits per heavy atom. The highest BCUT2D eigenvalue weighted by Gasteiger charge is 2.17. The van der Waals surface area contributed by atoms with Crippen LogP contribution in [0.4, 0.5) is 0 Å². The van der Waals surface area contributed by atoms with Gasteiger partial charge in [-0.3, -0.25) is 0 Å². The Bertz CT molecular complexity index is 700. The van der Waals surface area contributed by atoms with Crippen LogP contribution >= 0.6 is 23.4 Å². The average Bonchev–Trinajstić information content (AvgIpc) is 2.50. The molecule has 0 fully saturated rings. The second-order valence-corrected chi connectivity index (χ2v) is 5.50. The number of pyridine rings is 1. The first kappa shape index (κ1) is 15.4. The molecule has 0 amide bonds. The van der Waals surface area contributed by atoms with Gasteiger partial charge in [-0.15, -0.1) is 0 Å². The van der Waals surface area contributed by atoms with E-state index < -0.39 is 12.1 Å². The normalized spacial score (nSPS) is 11.5. The number of ether oxygens (including phenoxy) is 1. The van der Waals surface area contributed by atoms with Crippen molar-refractivity contribution in [1.29, 1.82) is 5.26 Å². The van der Waals surface area contributed by atoms with Crippen LogP contribution in [0.1, 0.15) is 17.3 Å². The topological polar surface area (TPSA) is 63.0 Å². The second kappa shape index (κ2) is 7.11. The van der Waals surface area contributed by atoms with Crippen molar-refractivity contribution in [2.24, 2.45) is 0 Å². The van der Waals surface area contributed by atoms with Crippen molar-refractivity contribution in [3.8, 4) is 6.07 Å². The summed E-state index contributed by atoms with van der Waals surface area (Å²) < 4.78 is 5.01. The van der Waals surface area contributed by atoms with Crippen LogP contribution in [-0.2, 0) is 4.74 Å². The van der Waals surface area contributed by atoms with Gasteiger partial charge in [0.2, 0.25) is 0 Å². The van der Waals surface area contributed by atoms with Crippen LogP contribution in [0.2, 0.25) is 5.02 Å². The van der Waals surface area contributed by atoms with Crippen LogP contribution in [0.15, 0.2) is 52.5 Å². The predicted molar refractivity (Wildman–Crippen MR) is 80.3 cm³/mol. The van der Waals surface area contributed by atoms with Crippen molar-refractivity contribution in [2.45, 2.75) is 22.9 Å². The SMILES string of the molecule is C[C@H](C#N)OC(=O)c1cccnc1Sc1ccccc1Cl. The first-order chi connectivity index (χ1) is 10.1. The van der Waals surface area contributed by atoms with Crippen LogP contribution in [-0.4, -0.2) is 17.1 Å². The summed E-state index contributed by atoms with van der Waals surface area (Å²) in [5.41, 5.74) is 0.310. The highest BCUT2D eigenvalue weighted by atomic mass is 35.5. The van der Waals surface area contributed by atoms with Gasteiger partial charge < -0.3 is 4.74 Å². The molecule has 0 aliphatic heterocycles. The van der Waals surface area contributed by atoms with E-state index in [1.54, 1.807) is 24.4 Å². The third kappa shape index (κ3) is 3.97. The van der Waals surface area contributed by atoms with Crippen molar-refractivity contribution < 1.29 is 9.53 Å². The molecule has 6 heteroatoms. The van der Waals surface area contributed by atoms with Crippen LogP contribution in [0.5, 0.6) is 0 Å². The summed E-state index contributed by atoms with van der Waals surface area (Å²) in [6, 6.07) is 12.4. The number of benzene rings is 1. The largest absolute Gasteiger partial charge is 0.444 e. The van der Waals surface area contributed by atoms with Crippen molar-refractivity contribution in [2.75, 3.05) is 0 Å². The Balaban J connectivity index is 2.27. The van der Waals surface area contributed by atoms with Gasteiger partial charge in [0.15, 0.2) is 6.10 Å². The summed E-state index contributed by atoms with van der Waals surface area (Å²) >= 11 is 7.38. The van der Waals surface area contributed by atoms with Crippen LogP contribution in [0.25, 0.3) is 0 Å². The second-order valence-electron chi connectivity index (χ2n) is 4.07. The van der Waals surface area contributed by atoms with Crippen molar-refractivity contribution in [3.05, 3.63) is 53.2 Å². The van der Waals surface area contributed by atoms with Gasteiger partial charge in [-0.05, 0) is 31.2 Å². The van der Waals surface area contributed by atoms with Crippen molar-refractivity contribution in [1.82, 2.24) is 4.98 Å². The van der Waals surface area contributed by atoms with E-state index in [1.165, 1.54) is 18.7 Å². The van der Waals surface area contributed by atoms with E-state index in [0.29, 0.717) is 15.6 Å². The Morgan fingerprint density at radius 2 is 2.14 bits per heavy atom. The van der Waals surface area contributed by atoms with Gasteiger partial charge >= 0.3 is 5.97 Å². The molecule has 0 aliphatic rings. The maximum Gasteiger partial charge on any atom is 0.342 e. The average molecular weight is 319 g/mol. The molecule has 21 heavy (non-hydrogen) atoms. The fourth-order valence-corrected chi connectivity index (χ4v) is 2.66. The van der Waals surface area contributed by atoms with Crippen LogP contribution < -0.4 is 0 Å². The third-order valence-corrected chi connectivity index (χ3v) is 4.04. The zero-order valence-corrected chi connectivity index (χ0v) is 12.7. The first-order valence-corrected chi connectivity index (χ1v) is 7.29. The molecule has 1 heterocycles. The Morgan fingerprint density at radius 3 is 2.86 bits per heavy atom. The number of esters is 1. The minimum atomic E-state index is -0.809. The fourth-order valence-electron chi connectivity index (χ4n) is 1.51. The minimum Gasteiger partial charge on any atom is -0.444 e. The number of hydrogen-bond acceptors (Lipinski definition) is 5. The monoisotopic (exact) mass is 318 g/mol. The lowest BCUT2D eigenvalue weighted by atomic mass is 10.3. The zero-order valence-electron chi connectivity index (χ0n) is 11.1. The Hall–Kier alpha value is -2.03. The molecule has 106 valence electrons. The number of carbonyl (C=O) groups excluding carboxylic acids is 1. The molecule has 0 N–H and O–H groups in total.